The molecule has 0 saturated carbocycles. The second kappa shape index (κ2) is 8.63. The highest BCUT2D eigenvalue weighted by Crippen LogP contribution is 2.26. The van der Waals surface area contributed by atoms with Crippen molar-refractivity contribution in [2.45, 2.75) is 6.92 Å². The van der Waals surface area contributed by atoms with Crippen LogP contribution in [0, 0.1) is 6.92 Å². The fraction of sp³-hybridized carbons (Fsp3) is 0.0476. The molecule has 0 spiro atoms. The Balaban J connectivity index is 1.69. The van der Waals surface area contributed by atoms with Gasteiger partial charge in [-0.1, -0.05) is 53.5 Å². The number of H-pyrrole nitrogens is 1. The Morgan fingerprint density at radius 1 is 1.00 bits per heavy atom. The molecule has 156 valence electrons. The summed E-state index contributed by atoms with van der Waals surface area (Å²) in [6, 6.07) is 16.7. The lowest BCUT2D eigenvalue weighted by Gasteiger charge is -2.10. The fourth-order valence-corrected chi connectivity index (χ4v) is 3.20. The van der Waals surface area contributed by atoms with Gasteiger partial charge in [-0.15, -0.1) is 0 Å². The van der Waals surface area contributed by atoms with Gasteiger partial charge in [0.1, 0.15) is 5.82 Å². The maximum atomic E-state index is 12.6. The van der Waals surface area contributed by atoms with E-state index in [0.717, 1.165) is 5.56 Å². The van der Waals surface area contributed by atoms with Crippen molar-refractivity contribution in [3.8, 4) is 17.2 Å². The first-order valence-electron chi connectivity index (χ1n) is 9.16. The van der Waals surface area contributed by atoms with Crippen LogP contribution in [0.15, 0.2) is 65.5 Å². The highest BCUT2D eigenvalue weighted by atomic mass is 35.5. The summed E-state index contributed by atoms with van der Waals surface area (Å²) in [5, 5.41) is 10.6. The molecule has 10 heteroatoms. The number of benzene rings is 2. The minimum absolute atomic E-state index is 0.178. The highest BCUT2D eigenvalue weighted by molar-refractivity contribution is 6.42. The molecule has 2 aromatic carbocycles. The van der Waals surface area contributed by atoms with E-state index in [4.69, 9.17) is 23.2 Å². The third-order valence-electron chi connectivity index (χ3n) is 4.26. The first-order chi connectivity index (χ1) is 14.9. The molecule has 0 unspecified atom stereocenters. The van der Waals surface area contributed by atoms with Crippen LogP contribution in [0.2, 0.25) is 10.0 Å². The van der Waals surface area contributed by atoms with E-state index in [-0.39, 0.29) is 11.5 Å². The van der Waals surface area contributed by atoms with Crippen molar-refractivity contribution in [2.75, 3.05) is 10.6 Å². The number of aromatic nitrogens is 4. The minimum atomic E-state index is -0.533. The van der Waals surface area contributed by atoms with Gasteiger partial charge in [0, 0.05) is 29.1 Å². The number of halogens is 2. The third kappa shape index (κ3) is 4.76. The van der Waals surface area contributed by atoms with E-state index in [9.17, 15) is 9.59 Å². The zero-order chi connectivity index (χ0) is 22.0. The van der Waals surface area contributed by atoms with Crippen LogP contribution in [0.25, 0.3) is 17.2 Å². The molecule has 0 atom stereocenters. The number of aryl methyl sites for hydroxylation is 1. The molecule has 2 heterocycles. The number of rotatable bonds is 4. The standard InChI is InChI=1S/C21H16Cl2N6O2/c1-12-9-19(30)27-20(24-12)29-18(11-17(28-29)13-5-3-2-4-6-13)26-21(31)25-14-7-8-15(22)16(23)10-14/h2-11H,1H3,(H,24,27,30)(H2,25,26,31). The van der Waals surface area contributed by atoms with Crippen LogP contribution in [0.4, 0.5) is 16.3 Å². The Labute approximate surface area is 186 Å². The Morgan fingerprint density at radius 3 is 2.48 bits per heavy atom. The molecule has 0 aliphatic rings. The Kier molecular flexibility index (Phi) is 5.75. The molecule has 0 aliphatic carbocycles. The van der Waals surface area contributed by atoms with Gasteiger partial charge in [0.15, 0.2) is 0 Å². The van der Waals surface area contributed by atoms with Crippen LogP contribution in [-0.2, 0) is 0 Å². The van der Waals surface area contributed by atoms with Gasteiger partial charge in [0.25, 0.3) is 5.56 Å². The van der Waals surface area contributed by atoms with E-state index in [1.165, 1.54) is 16.8 Å². The number of hydrogen-bond donors (Lipinski definition) is 3. The van der Waals surface area contributed by atoms with Gasteiger partial charge >= 0.3 is 6.03 Å². The first-order valence-corrected chi connectivity index (χ1v) is 9.91. The van der Waals surface area contributed by atoms with Gasteiger partial charge in [0.2, 0.25) is 5.95 Å². The zero-order valence-corrected chi connectivity index (χ0v) is 17.7. The van der Waals surface area contributed by atoms with E-state index in [1.807, 2.05) is 30.3 Å². The number of carbonyl (C=O) groups excluding carboxylic acids is 1. The van der Waals surface area contributed by atoms with Crippen LogP contribution in [0.5, 0.6) is 0 Å². The summed E-state index contributed by atoms with van der Waals surface area (Å²) in [6.45, 7) is 1.70. The number of anilines is 2. The molecule has 4 rings (SSSR count). The lowest BCUT2D eigenvalue weighted by atomic mass is 10.2. The molecule has 3 N–H and O–H groups in total. The number of carbonyl (C=O) groups is 1. The van der Waals surface area contributed by atoms with Gasteiger partial charge in [-0.25, -0.2) is 9.78 Å². The Morgan fingerprint density at radius 2 is 1.77 bits per heavy atom. The lowest BCUT2D eigenvalue weighted by molar-refractivity contribution is 0.262. The van der Waals surface area contributed by atoms with Crippen LogP contribution >= 0.6 is 23.2 Å². The molecule has 0 fully saturated rings. The zero-order valence-electron chi connectivity index (χ0n) is 16.2. The predicted molar refractivity (Wildman–Crippen MR) is 121 cm³/mol. The Hall–Kier alpha value is -3.62. The van der Waals surface area contributed by atoms with Crippen molar-refractivity contribution in [1.82, 2.24) is 19.7 Å². The maximum Gasteiger partial charge on any atom is 0.324 e. The van der Waals surface area contributed by atoms with E-state index in [2.05, 4.69) is 25.7 Å². The topological polar surface area (TPSA) is 105 Å². The van der Waals surface area contributed by atoms with E-state index in [1.54, 1.807) is 25.1 Å². The van der Waals surface area contributed by atoms with Crippen molar-refractivity contribution in [3.05, 3.63) is 86.8 Å². The van der Waals surface area contributed by atoms with E-state index >= 15 is 0 Å². The van der Waals surface area contributed by atoms with Crippen LogP contribution in [0.3, 0.4) is 0 Å². The van der Waals surface area contributed by atoms with Gasteiger partial charge < -0.3 is 5.32 Å². The third-order valence-corrected chi connectivity index (χ3v) is 4.99. The average Bonchev–Trinajstić information content (AvgIpc) is 3.14. The number of aromatic amines is 1. The monoisotopic (exact) mass is 454 g/mol. The quantitative estimate of drug-likeness (QED) is 0.408. The van der Waals surface area contributed by atoms with Gasteiger partial charge in [-0.05, 0) is 25.1 Å². The minimum Gasteiger partial charge on any atom is -0.308 e. The summed E-state index contributed by atoms with van der Waals surface area (Å²) in [4.78, 5) is 31.5. The van der Waals surface area contributed by atoms with Crippen molar-refractivity contribution in [3.63, 3.8) is 0 Å². The maximum absolute atomic E-state index is 12.6. The summed E-state index contributed by atoms with van der Waals surface area (Å²) in [5.41, 5.74) is 2.08. The van der Waals surface area contributed by atoms with Gasteiger partial charge in [-0.3, -0.25) is 15.1 Å². The van der Waals surface area contributed by atoms with Crippen LogP contribution < -0.4 is 16.2 Å². The molecule has 2 amide bonds. The van der Waals surface area contributed by atoms with Crippen molar-refractivity contribution < 1.29 is 4.79 Å². The van der Waals surface area contributed by atoms with Crippen LogP contribution in [-0.4, -0.2) is 25.8 Å². The first kappa shape index (κ1) is 20.6. The van der Waals surface area contributed by atoms with E-state index < -0.39 is 6.03 Å². The fourth-order valence-electron chi connectivity index (χ4n) is 2.90. The second-order valence-electron chi connectivity index (χ2n) is 6.61. The van der Waals surface area contributed by atoms with Crippen LogP contribution in [0.1, 0.15) is 5.69 Å². The lowest BCUT2D eigenvalue weighted by Crippen LogP contribution is -2.22. The van der Waals surface area contributed by atoms with Gasteiger partial charge in [0.05, 0.1) is 15.7 Å². The molecule has 0 radical (unpaired) electrons. The highest BCUT2D eigenvalue weighted by Gasteiger charge is 2.16. The number of hydrogen-bond acceptors (Lipinski definition) is 4. The summed E-state index contributed by atoms with van der Waals surface area (Å²) < 4.78 is 1.37. The summed E-state index contributed by atoms with van der Waals surface area (Å²) >= 11 is 11.9. The van der Waals surface area contributed by atoms with Crippen molar-refractivity contribution >= 4 is 40.7 Å². The molecule has 31 heavy (non-hydrogen) atoms. The smallest absolute Gasteiger partial charge is 0.308 e. The molecule has 0 bridgehead atoms. The van der Waals surface area contributed by atoms with Gasteiger partial charge in [-0.2, -0.15) is 9.78 Å². The number of nitrogens with zero attached hydrogens (tertiary/aromatic N) is 3. The Bertz CT molecular complexity index is 1320. The number of urea groups is 1. The van der Waals surface area contributed by atoms with Crippen molar-refractivity contribution in [1.29, 1.82) is 0 Å². The second-order valence-corrected chi connectivity index (χ2v) is 7.43. The summed E-state index contributed by atoms with van der Waals surface area (Å²) in [6.07, 6.45) is 0. The SMILES string of the molecule is Cc1cc(=O)[nH]c(-n2nc(-c3ccccc3)cc2NC(=O)Nc2ccc(Cl)c(Cl)c2)n1. The predicted octanol–water partition coefficient (Wildman–Crippen LogP) is 4.88. The molecular weight excluding hydrogens is 439 g/mol. The average molecular weight is 455 g/mol. The largest absolute Gasteiger partial charge is 0.324 e. The summed E-state index contributed by atoms with van der Waals surface area (Å²) in [5.74, 6) is 0.488. The molecule has 4 aromatic rings. The van der Waals surface area contributed by atoms with Crippen molar-refractivity contribution in [2.24, 2.45) is 0 Å². The number of amides is 2. The molecule has 8 nitrogen and oxygen atoms in total. The molecule has 0 aliphatic heterocycles. The van der Waals surface area contributed by atoms with E-state index in [0.29, 0.717) is 32.9 Å². The molecule has 2 aromatic heterocycles. The summed E-state index contributed by atoms with van der Waals surface area (Å²) in [7, 11) is 0. The molecule has 0 saturated heterocycles. The number of nitrogens with one attached hydrogen (secondary N) is 3. The normalized spacial score (nSPS) is 10.7. The molecular formula is C21H16Cl2N6O2.